The number of H-pyrrole nitrogens is 1. The molecule has 3 rings (SSSR count). The smallest absolute Gasteiger partial charge is 0.120 e. The molecule has 0 fully saturated rings. The number of aromatic nitrogens is 2. The van der Waals surface area contributed by atoms with Crippen LogP contribution in [0.1, 0.15) is 13.8 Å². The van der Waals surface area contributed by atoms with E-state index in [9.17, 15) is 0 Å². The Kier molecular flexibility index (Phi) is 3.83. The Morgan fingerprint density at radius 3 is 2.55 bits per heavy atom. The van der Waals surface area contributed by atoms with Crippen LogP contribution in [0.2, 0.25) is 0 Å². The standard InChI is InChI=1S/C18H19N3O/c1-12(2)22-16-8-4-6-14(10-16)18-11-17(20-21-18)13-5-3-7-15(19)9-13/h3-12H,19H2,1-2H3,(H,20,21). The van der Waals surface area contributed by atoms with Gasteiger partial charge < -0.3 is 10.5 Å². The Balaban J connectivity index is 1.91. The summed E-state index contributed by atoms with van der Waals surface area (Å²) in [5.41, 5.74) is 10.4. The van der Waals surface area contributed by atoms with Crippen molar-refractivity contribution in [1.29, 1.82) is 0 Å². The lowest BCUT2D eigenvalue weighted by atomic mass is 10.1. The Morgan fingerprint density at radius 2 is 1.77 bits per heavy atom. The van der Waals surface area contributed by atoms with Crippen molar-refractivity contribution in [2.45, 2.75) is 20.0 Å². The van der Waals surface area contributed by atoms with Gasteiger partial charge in [0.2, 0.25) is 0 Å². The topological polar surface area (TPSA) is 63.9 Å². The third kappa shape index (κ3) is 3.11. The summed E-state index contributed by atoms with van der Waals surface area (Å²) in [6.07, 6.45) is 0.153. The van der Waals surface area contributed by atoms with Crippen LogP contribution in [0.4, 0.5) is 5.69 Å². The van der Waals surface area contributed by atoms with Gasteiger partial charge >= 0.3 is 0 Å². The molecule has 0 bridgehead atoms. The van der Waals surface area contributed by atoms with Gasteiger partial charge in [0.05, 0.1) is 17.5 Å². The Labute approximate surface area is 129 Å². The highest BCUT2D eigenvalue weighted by Gasteiger charge is 2.07. The highest BCUT2D eigenvalue weighted by Crippen LogP contribution is 2.27. The number of nitrogens with two attached hydrogens (primary N) is 1. The van der Waals surface area contributed by atoms with Crippen molar-refractivity contribution in [2.75, 3.05) is 5.73 Å². The molecule has 2 aromatic carbocycles. The van der Waals surface area contributed by atoms with Crippen molar-refractivity contribution < 1.29 is 4.74 Å². The van der Waals surface area contributed by atoms with Crippen LogP contribution in [-0.2, 0) is 0 Å². The molecular weight excluding hydrogens is 274 g/mol. The summed E-state index contributed by atoms with van der Waals surface area (Å²) in [5, 5.41) is 7.45. The van der Waals surface area contributed by atoms with Crippen molar-refractivity contribution in [1.82, 2.24) is 10.2 Å². The lowest BCUT2D eigenvalue weighted by molar-refractivity contribution is 0.242. The van der Waals surface area contributed by atoms with Gasteiger partial charge in [-0.15, -0.1) is 0 Å². The van der Waals surface area contributed by atoms with E-state index in [2.05, 4.69) is 10.2 Å². The highest BCUT2D eigenvalue weighted by molar-refractivity contribution is 5.70. The average molecular weight is 293 g/mol. The van der Waals surface area contributed by atoms with Crippen LogP contribution in [0.25, 0.3) is 22.5 Å². The average Bonchev–Trinajstić information content (AvgIpc) is 2.97. The number of nitrogens with zero attached hydrogens (tertiary/aromatic N) is 1. The van der Waals surface area contributed by atoms with Gasteiger partial charge in [0.25, 0.3) is 0 Å². The number of benzene rings is 2. The van der Waals surface area contributed by atoms with Crippen LogP contribution in [0.5, 0.6) is 5.75 Å². The largest absolute Gasteiger partial charge is 0.491 e. The van der Waals surface area contributed by atoms with Crippen molar-refractivity contribution in [3.05, 3.63) is 54.6 Å². The number of anilines is 1. The van der Waals surface area contributed by atoms with E-state index in [1.165, 1.54) is 0 Å². The molecule has 0 spiro atoms. The number of aromatic amines is 1. The molecule has 22 heavy (non-hydrogen) atoms. The van der Waals surface area contributed by atoms with E-state index < -0.39 is 0 Å². The van der Waals surface area contributed by atoms with Gasteiger partial charge in [-0.3, -0.25) is 5.10 Å². The number of hydrogen-bond donors (Lipinski definition) is 2. The fraction of sp³-hybridized carbons (Fsp3) is 0.167. The lowest BCUT2D eigenvalue weighted by Gasteiger charge is -2.10. The maximum absolute atomic E-state index is 5.83. The van der Waals surface area contributed by atoms with E-state index in [4.69, 9.17) is 10.5 Å². The molecule has 1 heterocycles. The third-order valence-corrected chi connectivity index (χ3v) is 3.28. The van der Waals surface area contributed by atoms with E-state index in [0.717, 1.165) is 34.0 Å². The molecule has 0 aliphatic carbocycles. The molecular formula is C18H19N3O. The fourth-order valence-electron chi connectivity index (χ4n) is 2.32. The van der Waals surface area contributed by atoms with Crippen molar-refractivity contribution in [3.63, 3.8) is 0 Å². The molecule has 0 unspecified atom stereocenters. The number of hydrogen-bond acceptors (Lipinski definition) is 3. The predicted octanol–water partition coefficient (Wildman–Crippen LogP) is 4.11. The first-order chi connectivity index (χ1) is 10.6. The monoisotopic (exact) mass is 293 g/mol. The minimum Gasteiger partial charge on any atom is -0.491 e. The zero-order valence-corrected chi connectivity index (χ0v) is 12.7. The molecule has 0 amide bonds. The van der Waals surface area contributed by atoms with Crippen LogP contribution in [-0.4, -0.2) is 16.3 Å². The van der Waals surface area contributed by atoms with Crippen LogP contribution in [0, 0.1) is 0 Å². The predicted molar refractivity (Wildman–Crippen MR) is 89.6 cm³/mol. The minimum atomic E-state index is 0.153. The second-order valence-electron chi connectivity index (χ2n) is 5.49. The molecule has 0 saturated carbocycles. The lowest BCUT2D eigenvalue weighted by Crippen LogP contribution is -2.05. The molecule has 112 valence electrons. The highest BCUT2D eigenvalue weighted by atomic mass is 16.5. The molecule has 3 aromatic rings. The quantitative estimate of drug-likeness (QED) is 0.711. The van der Waals surface area contributed by atoms with Gasteiger partial charge in [-0.1, -0.05) is 24.3 Å². The van der Waals surface area contributed by atoms with Gasteiger partial charge in [-0.25, -0.2) is 0 Å². The van der Waals surface area contributed by atoms with Gasteiger partial charge in [0.1, 0.15) is 5.75 Å². The van der Waals surface area contributed by atoms with E-state index in [1.807, 2.05) is 68.4 Å². The Morgan fingerprint density at radius 1 is 1.00 bits per heavy atom. The van der Waals surface area contributed by atoms with E-state index in [1.54, 1.807) is 0 Å². The molecule has 4 nitrogen and oxygen atoms in total. The summed E-state index contributed by atoms with van der Waals surface area (Å²) >= 11 is 0. The number of nitrogens with one attached hydrogen (secondary N) is 1. The summed E-state index contributed by atoms with van der Waals surface area (Å²) in [7, 11) is 0. The van der Waals surface area contributed by atoms with Crippen molar-refractivity contribution in [3.8, 4) is 28.3 Å². The maximum atomic E-state index is 5.83. The van der Waals surface area contributed by atoms with Gasteiger partial charge in [-0.05, 0) is 44.2 Å². The fourth-order valence-corrected chi connectivity index (χ4v) is 2.32. The van der Waals surface area contributed by atoms with E-state index in [0.29, 0.717) is 0 Å². The first kappa shape index (κ1) is 14.2. The third-order valence-electron chi connectivity index (χ3n) is 3.28. The first-order valence-corrected chi connectivity index (χ1v) is 7.30. The SMILES string of the molecule is CC(C)Oc1cccc(-c2cc(-c3cccc(N)c3)n[nH]2)c1. The van der Waals surface area contributed by atoms with Gasteiger partial charge in [0.15, 0.2) is 0 Å². The molecule has 0 saturated heterocycles. The Hall–Kier alpha value is -2.75. The zero-order chi connectivity index (χ0) is 15.5. The molecule has 0 radical (unpaired) electrons. The molecule has 0 atom stereocenters. The molecule has 0 aliphatic heterocycles. The molecule has 3 N–H and O–H groups in total. The normalized spacial score (nSPS) is 10.9. The summed E-state index contributed by atoms with van der Waals surface area (Å²) < 4.78 is 5.73. The van der Waals surface area contributed by atoms with Crippen LogP contribution in [0.3, 0.4) is 0 Å². The van der Waals surface area contributed by atoms with E-state index in [-0.39, 0.29) is 6.10 Å². The molecule has 4 heteroatoms. The van der Waals surface area contributed by atoms with Crippen molar-refractivity contribution >= 4 is 5.69 Å². The zero-order valence-electron chi connectivity index (χ0n) is 12.7. The number of rotatable bonds is 4. The van der Waals surface area contributed by atoms with Crippen molar-refractivity contribution in [2.24, 2.45) is 0 Å². The number of ether oxygens (including phenoxy) is 1. The van der Waals surface area contributed by atoms with Gasteiger partial charge in [0, 0.05) is 16.8 Å². The maximum Gasteiger partial charge on any atom is 0.120 e. The van der Waals surface area contributed by atoms with Crippen LogP contribution < -0.4 is 10.5 Å². The summed E-state index contributed by atoms with van der Waals surface area (Å²) in [5.74, 6) is 0.854. The molecule has 0 aliphatic rings. The minimum absolute atomic E-state index is 0.153. The second-order valence-corrected chi connectivity index (χ2v) is 5.49. The molecule has 1 aromatic heterocycles. The Bertz CT molecular complexity index is 777. The number of nitrogen functional groups attached to an aromatic ring is 1. The summed E-state index contributed by atoms with van der Waals surface area (Å²) in [6, 6.07) is 17.7. The summed E-state index contributed by atoms with van der Waals surface area (Å²) in [6.45, 7) is 4.03. The van der Waals surface area contributed by atoms with Crippen LogP contribution in [0.15, 0.2) is 54.6 Å². The van der Waals surface area contributed by atoms with E-state index >= 15 is 0 Å². The first-order valence-electron chi connectivity index (χ1n) is 7.30. The van der Waals surface area contributed by atoms with Gasteiger partial charge in [-0.2, -0.15) is 5.10 Å². The summed E-state index contributed by atoms with van der Waals surface area (Å²) in [4.78, 5) is 0. The second kappa shape index (κ2) is 5.93. The van der Waals surface area contributed by atoms with Crippen LogP contribution >= 0.6 is 0 Å².